The molecule has 1 aromatic rings. The van der Waals surface area contributed by atoms with E-state index in [9.17, 15) is 0 Å². The zero-order valence-electron chi connectivity index (χ0n) is 6.31. The van der Waals surface area contributed by atoms with Crippen LogP contribution in [0.15, 0.2) is 35.4 Å². The molecule has 0 bridgehead atoms. The van der Waals surface area contributed by atoms with Gasteiger partial charge in [0.1, 0.15) is 0 Å². The maximum atomic E-state index is 8.16. The van der Waals surface area contributed by atoms with Gasteiger partial charge in [0.25, 0.3) is 0 Å². The topological polar surface area (TPSA) is 48.8 Å². The molecule has 3 heteroatoms. The minimum atomic E-state index is -0.0683. The van der Waals surface area contributed by atoms with Crippen LogP contribution in [0.2, 0.25) is 0 Å². The first kappa shape index (κ1) is 7.63. The first-order chi connectivity index (χ1) is 5.34. The van der Waals surface area contributed by atoms with Gasteiger partial charge in [-0.1, -0.05) is 42.4 Å². The first-order valence-corrected chi connectivity index (χ1v) is 3.43. The number of hydrogen-bond acceptors (Lipinski definition) is 1. The summed E-state index contributed by atoms with van der Waals surface area (Å²) in [4.78, 5) is 2.74. The standard InChI is InChI=1S/C8H9N3.H2/c1-7(10-11-9)8-5-3-2-4-6-8;/h2-7H,1H3;1H. The van der Waals surface area contributed by atoms with Crippen molar-refractivity contribution < 1.29 is 1.43 Å². The number of nitrogens with zero attached hydrogens (tertiary/aromatic N) is 3. The van der Waals surface area contributed by atoms with Gasteiger partial charge in [-0.2, -0.15) is 0 Å². The van der Waals surface area contributed by atoms with Crippen LogP contribution in [0.25, 0.3) is 10.4 Å². The van der Waals surface area contributed by atoms with E-state index in [2.05, 4.69) is 10.0 Å². The Hall–Kier alpha value is -1.47. The molecule has 1 atom stereocenters. The quantitative estimate of drug-likeness (QED) is 0.352. The van der Waals surface area contributed by atoms with Crippen molar-refractivity contribution in [3.63, 3.8) is 0 Å². The van der Waals surface area contributed by atoms with Gasteiger partial charge in [0.2, 0.25) is 0 Å². The molecule has 1 unspecified atom stereocenters. The molecule has 0 spiro atoms. The molecule has 0 N–H and O–H groups in total. The molecular formula is C8H11N3. The third-order valence-corrected chi connectivity index (χ3v) is 1.51. The molecule has 58 valence electrons. The number of benzene rings is 1. The Bertz CT molecular complexity index is 267. The summed E-state index contributed by atoms with van der Waals surface area (Å²) < 4.78 is 0. The van der Waals surface area contributed by atoms with Crippen molar-refractivity contribution in [3.8, 4) is 0 Å². The molecule has 0 aliphatic rings. The van der Waals surface area contributed by atoms with E-state index >= 15 is 0 Å². The third kappa shape index (κ3) is 1.99. The lowest BCUT2D eigenvalue weighted by atomic mass is 10.1. The number of rotatable bonds is 2. The van der Waals surface area contributed by atoms with Gasteiger partial charge < -0.3 is 0 Å². The van der Waals surface area contributed by atoms with Crippen LogP contribution in [-0.2, 0) is 0 Å². The molecule has 3 nitrogen and oxygen atoms in total. The van der Waals surface area contributed by atoms with E-state index in [4.69, 9.17) is 5.53 Å². The average molecular weight is 149 g/mol. The average Bonchev–Trinajstić information content (AvgIpc) is 2.07. The van der Waals surface area contributed by atoms with E-state index in [1.165, 1.54) is 0 Å². The van der Waals surface area contributed by atoms with Crippen molar-refractivity contribution in [2.45, 2.75) is 13.0 Å². The summed E-state index contributed by atoms with van der Waals surface area (Å²) in [6.07, 6.45) is 0. The fourth-order valence-corrected chi connectivity index (χ4v) is 0.876. The van der Waals surface area contributed by atoms with E-state index in [-0.39, 0.29) is 7.47 Å². The molecule has 0 aromatic heterocycles. The highest BCUT2D eigenvalue weighted by Gasteiger charge is 1.98. The predicted molar refractivity (Wildman–Crippen MR) is 46.1 cm³/mol. The van der Waals surface area contributed by atoms with Gasteiger partial charge in [0.05, 0.1) is 6.04 Å². The molecule has 0 amide bonds. The molecule has 0 radical (unpaired) electrons. The van der Waals surface area contributed by atoms with Crippen LogP contribution in [0.3, 0.4) is 0 Å². The molecule has 0 saturated heterocycles. The molecule has 0 heterocycles. The van der Waals surface area contributed by atoms with Crippen molar-refractivity contribution in [1.82, 2.24) is 0 Å². The van der Waals surface area contributed by atoms with E-state index in [0.29, 0.717) is 0 Å². The van der Waals surface area contributed by atoms with Gasteiger partial charge >= 0.3 is 0 Å². The molecule has 0 saturated carbocycles. The Morgan fingerprint density at radius 2 is 2.09 bits per heavy atom. The van der Waals surface area contributed by atoms with Gasteiger partial charge in [0.15, 0.2) is 0 Å². The van der Waals surface area contributed by atoms with Crippen molar-refractivity contribution in [3.05, 3.63) is 46.3 Å². The van der Waals surface area contributed by atoms with Crippen molar-refractivity contribution in [2.24, 2.45) is 5.11 Å². The van der Waals surface area contributed by atoms with Crippen LogP contribution in [0.1, 0.15) is 20.0 Å². The van der Waals surface area contributed by atoms with Gasteiger partial charge in [0, 0.05) is 6.34 Å². The molecule has 0 aliphatic heterocycles. The van der Waals surface area contributed by atoms with Crippen molar-refractivity contribution >= 4 is 0 Å². The van der Waals surface area contributed by atoms with Crippen molar-refractivity contribution in [1.29, 1.82) is 0 Å². The highest BCUT2D eigenvalue weighted by Crippen LogP contribution is 2.15. The Labute approximate surface area is 66.8 Å². The summed E-state index contributed by atoms with van der Waals surface area (Å²) in [5, 5.41) is 3.58. The summed E-state index contributed by atoms with van der Waals surface area (Å²) in [6.45, 7) is 1.87. The van der Waals surface area contributed by atoms with Crippen LogP contribution in [-0.4, -0.2) is 0 Å². The fraction of sp³-hybridized carbons (Fsp3) is 0.250. The van der Waals surface area contributed by atoms with Gasteiger partial charge in [-0.25, -0.2) is 0 Å². The number of azide groups is 1. The monoisotopic (exact) mass is 149 g/mol. The second kappa shape index (κ2) is 3.64. The second-order valence-corrected chi connectivity index (χ2v) is 2.29. The lowest BCUT2D eigenvalue weighted by Crippen LogP contribution is -1.85. The fourth-order valence-electron chi connectivity index (χ4n) is 0.876. The molecule has 0 aliphatic carbocycles. The third-order valence-electron chi connectivity index (χ3n) is 1.51. The largest absolute Gasteiger partial charge is 0.0862 e. The minimum absolute atomic E-state index is 0. The van der Waals surface area contributed by atoms with E-state index in [1.54, 1.807) is 0 Å². The number of hydrogen-bond donors (Lipinski definition) is 0. The van der Waals surface area contributed by atoms with E-state index in [1.807, 2.05) is 37.3 Å². The van der Waals surface area contributed by atoms with Crippen LogP contribution in [0, 0.1) is 0 Å². The summed E-state index contributed by atoms with van der Waals surface area (Å²) >= 11 is 0. The lowest BCUT2D eigenvalue weighted by molar-refractivity contribution is 0.808. The molecule has 0 fully saturated rings. The Balaban J connectivity index is 0.00000121. The summed E-state index contributed by atoms with van der Waals surface area (Å²) in [5.74, 6) is 0. The SMILES string of the molecule is CC(N=[N+]=[N-])c1ccccc1.[HH]. The van der Waals surface area contributed by atoms with Crippen LogP contribution in [0.4, 0.5) is 0 Å². The Kier molecular flexibility index (Phi) is 2.53. The van der Waals surface area contributed by atoms with E-state index in [0.717, 1.165) is 5.56 Å². The van der Waals surface area contributed by atoms with Crippen LogP contribution >= 0.6 is 0 Å². The molecular weight excluding hydrogens is 138 g/mol. The van der Waals surface area contributed by atoms with Gasteiger partial charge in [-0.3, -0.25) is 0 Å². The highest BCUT2D eigenvalue weighted by molar-refractivity contribution is 5.17. The maximum absolute atomic E-state index is 8.16. The zero-order valence-corrected chi connectivity index (χ0v) is 6.31. The first-order valence-electron chi connectivity index (χ1n) is 3.43. The molecule has 1 aromatic carbocycles. The predicted octanol–water partition coefficient (Wildman–Crippen LogP) is 3.30. The Morgan fingerprint density at radius 1 is 1.45 bits per heavy atom. The summed E-state index contributed by atoms with van der Waals surface area (Å²) in [7, 11) is 0. The molecule has 11 heavy (non-hydrogen) atoms. The van der Waals surface area contributed by atoms with Crippen LogP contribution < -0.4 is 0 Å². The van der Waals surface area contributed by atoms with Crippen LogP contribution in [0.5, 0.6) is 0 Å². The normalized spacial score (nSPS) is 11.7. The smallest absolute Gasteiger partial charge is 0.0597 e. The maximum Gasteiger partial charge on any atom is 0.0597 e. The minimum Gasteiger partial charge on any atom is -0.0862 e. The zero-order chi connectivity index (χ0) is 8.10. The van der Waals surface area contributed by atoms with E-state index < -0.39 is 0 Å². The lowest BCUT2D eigenvalue weighted by Gasteiger charge is -2.01. The van der Waals surface area contributed by atoms with Gasteiger partial charge in [-0.15, -0.1) is 0 Å². The Morgan fingerprint density at radius 3 is 2.64 bits per heavy atom. The molecule has 1 rings (SSSR count). The second-order valence-electron chi connectivity index (χ2n) is 2.29. The highest BCUT2D eigenvalue weighted by atomic mass is 15.1. The summed E-state index contributed by atoms with van der Waals surface area (Å²) in [5.41, 5.74) is 9.20. The summed E-state index contributed by atoms with van der Waals surface area (Å²) in [6, 6.07) is 9.61. The van der Waals surface area contributed by atoms with Crippen molar-refractivity contribution in [2.75, 3.05) is 0 Å². The van der Waals surface area contributed by atoms with Gasteiger partial charge in [-0.05, 0) is 11.1 Å².